The van der Waals surface area contributed by atoms with Crippen LogP contribution >= 0.6 is 0 Å². The van der Waals surface area contributed by atoms with Crippen molar-refractivity contribution in [1.82, 2.24) is 20.4 Å². The minimum Gasteiger partial charge on any atom is -0.497 e. The van der Waals surface area contributed by atoms with E-state index in [4.69, 9.17) is 4.74 Å². The van der Waals surface area contributed by atoms with Gasteiger partial charge in [-0.05, 0) is 23.8 Å². The molecule has 0 bridgehead atoms. The molecule has 134 valence electrons. The molecule has 1 amide bonds. The Kier molecular flexibility index (Phi) is 3.46. The lowest BCUT2D eigenvalue weighted by Crippen LogP contribution is -2.23. The Morgan fingerprint density at radius 2 is 2.07 bits per heavy atom. The van der Waals surface area contributed by atoms with E-state index < -0.39 is 0 Å². The summed E-state index contributed by atoms with van der Waals surface area (Å²) < 4.78 is 5.35. The lowest BCUT2D eigenvalue weighted by molar-refractivity contribution is -0.116. The van der Waals surface area contributed by atoms with Gasteiger partial charge in [0.25, 0.3) is 0 Å². The molecule has 0 radical (unpaired) electrons. The number of aromatic amines is 2. The number of H-pyrrole nitrogens is 2. The molecule has 7 nitrogen and oxygen atoms in total. The maximum absolute atomic E-state index is 12.3. The summed E-state index contributed by atoms with van der Waals surface area (Å²) in [5.41, 5.74) is 4.84. The summed E-state index contributed by atoms with van der Waals surface area (Å²) in [5.74, 6) is 1.22. The second-order valence-electron chi connectivity index (χ2n) is 6.61. The van der Waals surface area contributed by atoms with Crippen LogP contribution in [0.5, 0.6) is 5.75 Å². The highest BCUT2D eigenvalue weighted by molar-refractivity contribution is 5.96. The molecule has 3 heterocycles. The lowest BCUT2D eigenvalue weighted by Gasteiger charge is -2.23. The molecule has 1 unspecified atom stereocenters. The third-order valence-electron chi connectivity index (χ3n) is 5.03. The average Bonchev–Trinajstić information content (AvgIpc) is 3.33. The fourth-order valence-electron chi connectivity index (χ4n) is 3.71. The number of nitrogens with zero attached hydrogens (tertiary/aromatic N) is 2. The third kappa shape index (κ3) is 2.55. The number of hydrogen-bond acceptors (Lipinski definition) is 4. The van der Waals surface area contributed by atoms with Crippen LogP contribution in [0, 0.1) is 0 Å². The number of amides is 1. The topological polar surface area (TPSA) is 95.7 Å². The Balaban J connectivity index is 1.67. The van der Waals surface area contributed by atoms with Crippen LogP contribution in [0.15, 0.2) is 48.7 Å². The summed E-state index contributed by atoms with van der Waals surface area (Å²) in [6.07, 6.45) is 2.15. The fourth-order valence-corrected chi connectivity index (χ4v) is 3.71. The number of hydrogen-bond donors (Lipinski definition) is 3. The smallest absolute Gasteiger partial charge is 0.226 e. The zero-order valence-electron chi connectivity index (χ0n) is 14.6. The molecular weight excluding hydrogens is 342 g/mol. The first-order valence-corrected chi connectivity index (χ1v) is 8.68. The van der Waals surface area contributed by atoms with E-state index in [2.05, 4.69) is 31.8 Å². The zero-order chi connectivity index (χ0) is 18.4. The Bertz CT molecular complexity index is 1160. The Labute approximate surface area is 154 Å². The molecule has 0 saturated heterocycles. The van der Waals surface area contributed by atoms with E-state index in [0.29, 0.717) is 12.2 Å². The number of methoxy groups -OCH3 is 1. The summed E-state index contributed by atoms with van der Waals surface area (Å²) in [6.45, 7) is 0. The molecule has 0 aliphatic carbocycles. The molecule has 2 aromatic heterocycles. The molecule has 0 fully saturated rings. The van der Waals surface area contributed by atoms with Gasteiger partial charge in [0.15, 0.2) is 5.82 Å². The first-order valence-electron chi connectivity index (χ1n) is 8.68. The van der Waals surface area contributed by atoms with E-state index in [9.17, 15) is 4.79 Å². The van der Waals surface area contributed by atoms with Crippen molar-refractivity contribution in [2.75, 3.05) is 12.4 Å². The first-order chi connectivity index (χ1) is 13.2. The normalized spacial score (nSPS) is 16.2. The van der Waals surface area contributed by atoms with E-state index in [1.54, 1.807) is 13.3 Å². The van der Waals surface area contributed by atoms with Crippen LogP contribution < -0.4 is 10.1 Å². The number of ether oxygens (including phenoxy) is 1. The van der Waals surface area contributed by atoms with Crippen LogP contribution in [0.2, 0.25) is 0 Å². The van der Waals surface area contributed by atoms with E-state index in [0.717, 1.165) is 39.0 Å². The second kappa shape index (κ2) is 5.98. The molecule has 1 atom stereocenters. The van der Waals surface area contributed by atoms with Gasteiger partial charge >= 0.3 is 0 Å². The van der Waals surface area contributed by atoms with Crippen molar-refractivity contribution in [2.45, 2.75) is 12.3 Å². The van der Waals surface area contributed by atoms with Crippen molar-refractivity contribution in [3.05, 3.63) is 59.8 Å². The van der Waals surface area contributed by atoms with Gasteiger partial charge in [0.2, 0.25) is 5.91 Å². The molecule has 3 N–H and O–H groups in total. The highest BCUT2D eigenvalue weighted by atomic mass is 16.5. The van der Waals surface area contributed by atoms with Crippen molar-refractivity contribution >= 4 is 22.6 Å². The minimum absolute atomic E-state index is 0.0408. The maximum atomic E-state index is 12.3. The zero-order valence-corrected chi connectivity index (χ0v) is 14.6. The summed E-state index contributed by atoms with van der Waals surface area (Å²) in [6, 6.07) is 13.9. The molecule has 27 heavy (non-hydrogen) atoms. The average molecular weight is 359 g/mol. The largest absolute Gasteiger partial charge is 0.497 e. The fraction of sp³-hybridized carbons (Fsp3) is 0.150. The van der Waals surface area contributed by atoms with E-state index in [-0.39, 0.29) is 11.8 Å². The highest BCUT2D eigenvalue weighted by Gasteiger charge is 2.32. The van der Waals surface area contributed by atoms with Gasteiger partial charge in [0.05, 0.1) is 24.5 Å². The predicted molar refractivity (Wildman–Crippen MR) is 102 cm³/mol. The quantitative estimate of drug-likeness (QED) is 0.522. The minimum atomic E-state index is -0.0959. The van der Waals surface area contributed by atoms with Crippen molar-refractivity contribution < 1.29 is 9.53 Å². The summed E-state index contributed by atoms with van der Waals surface area (Å²) in [4.78, 5) is 12.3. The van der Waals surface area contributed by atoms with Crippen molar-refractivity contribution in [3.8, 4) is 17.0 Å². The Morgan fingerprint density at radius 3 is 2.96 bits per heavy atom. The van der Waals surface area contributed by atoms with Gasteiger partial charge in [-0.1, -0.05) is 24.3 Å². The molecule has 4 aromatic rings. The standard InChI is InChI=1S/C20H17N5O2/c1-27-14-4-2-3-12(7-14)19-18-15(9-17(26)22-20(18)25-24-19)11-5-6-13-10-21-23-16(13)8-11/h2-8,10,15H,9H2,1H3,(H,21,23)(H2,22,24,25,26). The molecule has 1 aliphatic heterocycles. The van der Waals surface area contributed by atoms with Gasteiger partial charge in [-0.15, -0.1) is 0 Å². The number of carbonyl (C=O) groups is 1. The molecular formula is C20H17N5O2. The summed E-state index contributed by atoms with van der Waals surface area (Å²) >= 11 is 0. The SMILES string of the molecule is COc1cccc(-c2[nH]nc3c2C(c2ccc4cn[nH]c4c2)CC(=O)N3)c1. The van der Waals surface area contributed by atoms with Gasteiger partial charge in [0.1, 0.15) is 5.75 Å². The van der Waals surface area contributed by atoms with Gasteiger partial charge in [-0.25, -0.2) is 0 Å². The van der Waals surface area contributed by atoms with Crippen LogP contribution in [-0.4, -0.2) is 33.4 Å². The van der Waals surface area contributed by atoms with Gasteiger partial charge in [-0.3, -0.25) is 15.0 Å². The molecule has 0 spiro atoms. The maximum Gasteiger partial charge on any atom is 0.226 e. The first kappa shape index (κ1) is 15.6. The number of nitrogens with one attached hydrogen (secondary N) is 3. The van der Waals surface area contributed by atoms with Crippen molar-refractivity contribution in [1.29, 1.82) is 0 Å². The van der Waals surface area contributed by atoms with Gasteiger partial charge in [-0.2, -0.15) is 10.2 Å². The number of aromatic nitrogens is 4. The molecule has 2 aromatic carbocycles. The van der Waals surface area contributed by atoms with Crippen LogP contribution in [0.25, 0.3) is 22.2 Å². The van der Waals surface area contributed by atoms with Crippen LogP contribution in [0.4, 0.5) is 5.82 Å². The number of carbonyl (C=O) groups excluding carboxylic acids is 1. The van der Waals surface area contributed by atoms with Crippen molar-refractivity contribution in [3.63, 3.8) is 0 Å². The Hall–Kier alpha value is -3.61. The number of rotatable bonds is 3. The third-order valence-corrected chi connectivity index (χ3v) is 5.03. The predicted octanol–water partition coefficient (Wildman–Crippen LogP) is 3.44. The molecule has 0 saturated carbocycles. The van der Waals surface area contributed by atoms with Crippen LogP contribution in [0.1, 0.15) is 23.5 Å². The van der Waals surface area contributed by atoms with Crippen LogP contribution in [-0.2, 0) is 4.79 Å². The summed E-state index contributed by atoms with van der Waals surface area (Å²) in [7, 11) is 1.64. The summed E-state index contributed by atoms with van der Waals surface area (Å²) in [5, 5.41) is 18.4. The Morgan fingerprint density at radius 1 is 1.15 bits per heavy atom. The highest BCUT2D eigenvalue weighted by Crippen LogP contribution is 2.42. The van der Waals surface area contributed by atoms with Crippen molar-refractivity contribution in [2.24, 2.45) is 0 Å². The second-order valence-corrected chi connectivity index (χ2v) is 6.61. The van der Waals surface area contributed by atoms with E-state index in [1.165, 1.54) is 0 Å². The van der Waals surface area contributed by atoms with Gasteiger partial charge in [0, 0.05) is 28.9 Å². The lowest BCUT2D eigenvalue weighted by atomic mass is 9.84. The number of benzene rings is 2. The van der Waals surface area contributed by atoms with E-state index in [1.807, 2.05) is 36.4 Å². The molecule has 5 rings (SSSR count). The molecule has 7 heteroatoms. The molecule has 1 aliphatic rings. The van der Waals surface area contributed by atoms with Gasteiger partial charge < -0.3 is 10.1 Å². The monoisotopic (exact) mass is 359 g/mol. The van der Waals surface area contributed by atoms with E-state index >= 15 is 0 Å². The number of anilines is 1. The number of fused-ring (bicyclic) bond motifs is 2. The van der Waals surface area contributed by atoms with Crippen LogP contribution in [0.3, 0.4) is 0 Å².